The van der Waals surface area contributed by atoms with Gasteiger partial charge < -0.3 is 0 Å². The van der Waals surface area contributed by atoms with Gasteiger partial charge in [0.15, 0.2) is 5.82 Å². The van der Waals surface area contributed by atoms with Gasteiger partial charge in [0.2, 0.25) is 4.96 Å². The second kappa shape index (κ2) is 6.53. The molecule has 0 N–H and O–H groups in total. The first kappa shape index (κ1) is 16.7. The van der Waals surface area contributed by atoms with Gasteiger partial charge in [0, 0.05) is 20.1 Å². The van der Waals surface area contributed by atoms with E-state index in [0.29, 0.717) is 25.4 Å². The standard InChI is InChI=1S/C17H8BrCl2N3OS/c18-11-4-1-9(2-5-11)15-21-17-23(22-15)16(24)14(25-17)7-10-3-6-12(19)8-13(10)20/h1-8H. The van der Waals surface area contributed by atoms with Gasteiger partial charge in [-0.15, -0.1) is 5.10 Å². The number of aromatic nitrogens is 3. The Bertz CT molecular complexity index is 1200. The summed E-state index contributed by atoms with van der Waals surface area (Å²) in [5, 5.41) is 5.36. The molecular formula is C17H8BrCl2N3OS. The van der Waals surface area contributed by atoms with Crippen LogP contribution in [0.4, 0.5) is 0 Å². The number of halogens is 3. The zero-order chi connectivity index (χ0) is 17.6. The minimum Gasteiger partial charge on any atom is -0.266 e. The van der Waals surface area contributed by atoms with Crippen LogP contribution in [0.2, 0.25) is 10.0 Å². The lowest BCUT2D eigenvalue weighted by molar-refractivity contribution is 0.937. The third kappa shape index (κ3) is 3.22. The number of nitrogens with zero attached hydrogens (tertiary/aromatic N) is 3. The Morgan fingerprint density at radius 2 is 1.88 bits per heavy atom. The van der Waals surface area contributed by atoms with E-state index in [1.165, 1.54) is 15.9 Å². The molecule has 2 aromatic carbocycles. The Labute approximate surface area is 164 Å². The highest BCUT2D eigenvalue weighted by molar-refractivity contribution is 9.10. The number of hydrogen-bond donors (Lipinski definition) is 0. The first-order valence-electron chi connectivity index (χ1n) is 7.13. The maximum Gasteiger partial charge on any atom is 0.291 e. The van der Waals surface area contributed by atoms with Crippen LogP contribution >= 0.6 is 50.5 Å². The Kier molecular flexibility index (Phi) is 4.37. The zero-order valence-corrected chi connectivity index (χ0v) is 16.3. The van der Waals surface area contributed by atoms with Crippen molar-refractivity contribution < 1.29 is 0 Å². The van der Waals surface area contributed by atoms with Crippen LogP contribution in [-0.2, 0) is 0 Å². The molecule has 0 saturated heterocycles. The van der Waals surface area contributed by atoms with Crippen LogP contribution in [0.25, 0.3) is 22.4 Å². The van der Waals surface area contributed by atoms with Crippen molar-refractivity contribution in [2.24, 2.45) is 0 Å². The van der Waals surface area contributed by atoms with Crippen LogP contribution in [0.15, 0.2) is 51.7 Å². The fourth-order valence-electron chi connectivity index (χ4n) is 2.31. The molecule has 8 heteroatoms. The summed E-state index contributed by atoms with van der Waals surface area (Å²) in [6.07, 6.45) is 1.72. The molecule has 25 heavy (non-hydrogen) atoms. The third-order valence-corrected chi connectivity index (χ3v) is 5.58. The summed E-state index contributed by atoms with van der Waals surface area (Å²) in [6, 6.07) is 12.7. The minimum atomic E-state index is -0.220. The minimum absolute atomic E-state index is 0.220. The zero-order valence-electron chi connectivity index (χ0n) is 12.4. The molecule has 4 rings (SSSR count). The molecule has 0 spiro atoms. The SMILES string of the molecule is O=c1c(=Cc2ccc(Cl)cc2Cl)sc2nc(-c3ccc(Br)cc3)nn12. The van der Waals surface area contributed by atoms with Crippen LogP contribution < -0.4 is 10.1 Å². The summed E-state index contributed by atoms with van der Waals surface area (Å²) >= 11 is 16.7. The molecule has 2 heterocycles. The maximum absolute atomic E-state index is 12.6. The number of hydrogen-bond acceptors (Lipinski definition) is 4. The number of rotatable bonds is 2. The Morgan fingerprint density at radius 3 is 2.56 bits per heavy atom. The molecule has 0 amide bonds. The molecular weight excluding hydrogens is 445 g/mol. The van der Waals surface area contributed by atoms with Gasteiger partial charge in [-0.3, -0.25) is 4.79 Å². The van der Waals surface area contributed by atoms with Crippen LogP contribution in [0, 0.1) is 0 Å². The number of fused-ring (bicyclic) bond motifs is 1. The fourth-order valence-corrected chi connectivity index (χ4v) is 3.94. The van der Waals surface area contributed by atoms with Gasteiger partial charge in [0.1, 0.15) is 0 Å². The van der Waals surface area contributed by atoms with E-state index in [9.17, 15) is 4.79 Å². The maximum atomic E-state index is 12.6. The molecule has 2 aromatic heterocycles. The average Bonchev–Trinajstić information content (AvgIpc) is 3.11. The van der Waals surface area contributed by atoms with Gasteiger partial charge in [0.25, 0.3) is 5.56 Å². The molecule has 0 saturated carbocycles. The summed E-state index contributed by atoms with van der Waals surface area (Å²) in [5.74, 6) is 0.520. The van der Waals surface area contributed by atoms with Crippen molar-refractivity contribution in [3.8, 4) is 11.4 Å². The van der Waals surface area contributed by atoms with E-state index in [1.54, 1.807) is 24.3 Å². The van der Waals surface area contributed by atoms with Crippen LogP contribution in [-0.4, -0.2) is 14.6 Å². The quantitative estimate of drug-likeness (QED) is 0.451. The monoisotopic (exact) mass is 451 g/mol. The Balaban J connectivity index is 1.81. The normalized spacial score (nSPS) is 12.2. The van der Waals surface area contributed by atoms with E-state index in [4.69, 9.17) is 23.2 Å². The van der Waals surface area contributed by atoms with Crippen molar-refractivity contribution in [2.45, 2.75) is 0 Å². The molecule has 0 aliphatic heterocycles. The summed E-state index contributed by atoms with van der Waals surface area (Å²) in [7, 11) is 0. The van der Waals surface area contributed by atoms with E-state index in [0.717, 1.165) is 15.6 Å². The molecule has 0 bridgehead atoms. The van der Waals surface area contributed by atoms with E-state index in [1.807, 2.05) is 24.3 Å². The van der Waals surface area contributed by atoms with E-state index in [2.05, 4.69) is 26.0 Å². The lowest BCUT2D eigenvalue weighted by atomic mass is 10.2. The van der Waals surface area contributed by atoms with Gasteiger partial charge in [0.05, 0.1) is 4.53 Å². The highest BCUT2D eigenvalue weighted by atomic mass is 79.9. The van der Waals surface area contributed by atoms with Crippen LogP contribution in [0.3, 0.4) is 0 Å². The summed E-state index contributed by atoms with van der Waals surface area (Å²) in [6.45, 7) is 0. The summed E-state index contributed by atoms with van der Waals surface area (Å²) < 4.78 is 2.80. The number of thiazole rings is 1. The van der Waals surface area contributed by atoms with Gasteiger partial charge in [-0.2, -0.15) is 9.50 Å². The Morgan fingerprint density at radius 1 is 1.12 bits per heavy atom. The Hall–Kier alpha value is -1.73. The van der Waals surface area contributed by atoms with E-state index >= 15 is 0 Å². The molecule has 0 fully saturated rings. The predicted octanol–water partition coefficient (Wildman–Crippen LogP) is 4.44. The molecule has 4 aromatic rings. The lowest BCUT2D eigenvalue weighted by Crippen LogP contribution is -2.23. The van der Waals surface area contributed by atoms with Crippen molar-refractivity contribution in [1.82, 2.24) is 14.6 Å². The van der Waals surface area contributed by atoms with Gasteiger partial charge in [-0.25, -0.2) is 0 Å². The second-order valence-electron chi connectivity index (χ2n) is 5.22. The molecule has 0 aliphatic rings. The van der Waals surface area contributed by atoms with Gasteiger partial charge >= 0.3 is 0 Å². The number of benzene rings is 2. The van der Waals surface area contributed by atoms with Crippen molar-refractivity contribution in [2.75, 3.05) is 0 Å². The first-order chi connectivity index (χ1) is 12.0. The first-order valence-corrected chi connectivity index (χ1v) is 9.50. The molecule has 0 radical (unpaired) electrons. The molecule has 0 atom stereocenters. The van der Waals surface area contributed by atoms with Gasteiger partial charge in [-0.1, -0.05) is 68.7 Å². The van der Waals surface area contributed by atoms with Crippen molar-refractivity contribution in [3.63, 3.8) is 0 Å². The summed E-state index contributed by atoms with van der Waals surface area (Å²) in [4.78, 5) is 17.6. The average molecular weight is 453 g/mol. The predicted molar refractivity (Wildman–Crippen MR) is 106 cm³/mol. The third-order valence-electron chi connectivity index (χ3n) is 3.53. The second-order valence-corrected chi connectivity index (χ2v) is 7.99. The van der Waals surface area contributed by atoms with Crippen LogP contribution in [0.1, 0.15) is 5.56 Å². The lowest BCUT2D eigenvalue weighted by Gasteiger charge is -1.97. The van der Waals surface area contributed by atoms with Crippen molar-refractivity contribution in [3.05, 3.63) is 77.4 Å². The van der Waals surface area contributed by atoms with E-state index < -0.39 is 0 Å². The van der Waals surface area contributed by atoms with Gasteiger partial charge in [-0.05, 0) is 35.9 Å². The molecule has 4 nitrogen and oxygen atoms in total. The molecule has 124 valence electrons. The van der Waals surface area contributed by atoms with Crippen molar-refractivity contribution >= 4 is 61.5 Å². The van der Waals surface area contributed by atoms with Crippen molar-refractivity contribution in [1.29, 1.82) is 0 Å². The van der Waals surface area contributed by atoms with Crippen LogP contribution in [0.5, 0.6) is 0 Å². The largest absolute Gasteiger partial charge is 0.291 e. The highest BCUT2D eigenvalue weighted by Crippen LogP contribution is 2.22. The highest BCUT2D eigenvalue weighted by Gasteiger charge is 2.12. The smallest absolute Gasteiger partial charge is 0.266 e. The fraction of sp³-hybridized carbons (Fsp3) is 0. The topological polar surface area (TPSA) is 47.3 Å². The molecule has 0 unspecified atom stereocenters. The summed E-state index contributed by atoms with van der Waals surface area (Å²) in [5.41, 5.74) is 1.35. The molecule has 0 aliphatic carbocycles. The van der Waals surface area contributed by atoms with E-state index in [-0.39, 0.29) is 5.56 Å².